The number of benzene rings is 8. The molecular formula is C46H31NS. The predicted molar refractivity (Wildman–Crippen MR) is 208 cm³/mol. The van der Waals surface area contributed by atoms with Crippen LogP contribution in [0, 0.1) is 0 Å². The van der Waals surface area contributed by atoms with E-state index in [0.717, 1.165) is 11.4 Å². The Morgan fingerprint density at radius 2 is 0.812 bits per heavy atom. The maximum Gasteiger partial charge on any atom is 0.0640 e. The molecule has 0 aliphatic rings. The fourth-order valence-electron chi connectivity index (χ4n) is 7.01. The van der Waals surface area contributed by atoms with Gasteiger partial charge in [0.25, 0.3) is 0 Å². The van der Waals surface area contributed by atoms with Crippen LogP contribution in [0.4, 0.5) is 17.1 Å². The Labute approximate surface area is 284 Å². The molecule has 0 atom stereocenters. The van der Waals surface area contributed by atoms with Crippen LogP contribution in [0.25, 0.3) is 64.3 Å². The molecule has 226 valence electrons. The fourth-order valence-corrected chi connectivity index (χ4v) is 8.33. The van der Waals surface area contributed by atoms with Gasteiger partial charge in [-0.3, -0.25) is 0 Å². The van der Waals surface area contributed by atoms with E-state index >= 15 is 0 Å². The third-order valence-electron chi connectivity index (χ3n) is 9.27. The number of fused-ring (bicyclic) bond motifs is 5. The second kappa shape index (κ2) is 12.0. The Balaban J connectivity index is 1.27. The molecule has 0 saturated carbocycles. The van der Waals surface area contributed by atoms with Gasteiger partial charge in [-0.2, -0.15) is 0 Å². The Bertz CT molecular complexity index is 2530. The lowest BCUT2D eigenvalue weighted by atomic mass is 9.95. The number of hydrogen-bond acceptors (Lipinski definition) is 2. The lowest BCUT2D eigenvalue weighted by Gasteiger charge is -2.28. The van der Waals surface area contributed by atoms with E-state index < -0.39 is 0 Å². The van der Waals surface area contributed by atoms with E-state index in [1.54, 1.807) is 0 Å². The van der Waals surface area contributed by atoms with Crippen LogP contribution in [0.3, 0.4) is 0 Å². The van der Waals surface area contributed by atoms with E-state index in [1.807, 2.05) is 11.3 Å². The second-order valence-corrected chi connectivity index (χ2v) is 13.1. The zero-order valence-corrected chi connectivity index (χ0v) is 27.1. The van der Waals surface area contributed by atoms with E-state index in [2.05, 4.69) is 193 Å². The van der Waals surface area contributed by atoms with Gasteiger partial charge in [0.2, 0.25) is 0 Å². The molecule has 0 unspecified atom stereocenters. The number of rotatable bonds is 6. The quantitative estimate of drug-likeness (QED) is 0.177. The minimum absolute atomic E-state index is 1.13. The highest BCUT2D eigenvalue weighted by Gasteiger charge is 2.22. The molecule has 8 aromatic carbocycles. The highest BCUT2D eigenvalue weighted by atomic mass is 32.1. The smallest absolute Gasteiger partial charge is 0.0640 e. The van der Waals surface area contributed by atoms with Crippen LogP contribution >= 0.6 is 11.3 Å². The average molecular weight is 630 g/mol. The number of hydrogen-bond donors (Lipinski definition) is 0. The van der Waals surface area contributed by atoms with Gasteiger partial charge in [0.05, 0.1) is 16.1 Å². The van der Waals surface area contributed by atoms with Crippen LogP contribution < -0.4 is 4.90 Å². The number of nitrogens with zero attached hydrogens (tertiary/aromatic N) is 1. The van der Waals surface area contributed by atoms with Gasteiger partial charge in [-0.05, 0) is 63.5 Å². The summed E-state index contributed by atoms with van der Waals surface area (Å²) >= 11 is 1.90. The summed E-state index contributed by atoms with van der Waals surface area (Å²) in [6, 6.07) is 67.9. The predicted octanol–water partition coefficient (Wildman–Crippen LogP) is 13.7. The van der Waals surface area contributed by atoms with Gasteiger partial charge >= 0.3 is 0 Å². The van der Waals surface area contributed by atoms with E-state index in [-0.39, 0.29) is 0 Å². The van der Waals surface area contributed by atoms with Crippen molar-refractivity contribution in [2.24, 2.45) is 0 Å². The van der Waals surface area contributed by atoms with E-state index in [1.165, 1.54) is 70.0 Å². The largest absolute Gasteiger partial charge is 0.308 e. The first-order valence-corrected chi connectivity index (χ1v) is 17.2. The van der Waals surface area contributed by atoms with Crippen molar-refractivity contribution in [3.8, 4) is 33.4 Å². The molecule has 0 fully saturated rings. The van der Waals surface area contributed by atoms with Crippen LogP contribution in [0.5, 0.6) is 0 Å². The zero-order valence-electron chi connectivity index (χ0n) is 26.3. The summed E-state index contributed by atoms with van der Waals surface area (Å²) in [6.45, 7) is 0. The van der Waals surface area contributed by atoms with Gasteiger partial charge in [-0.25, -0.2) is 0 Å². The average Bonchev–Trinajstić information content (AvgIpc) is 3.56. The van der Waals surface area contributed by atoms with Crippen molar-refractivity contribution in [2.75, 3.05) is 4.90 Å². The minimum atomic E-state index is 1.13. The normalized spacial score (nSPS) is 11.3. The molecule has 1 heterocycles. The van der Waals surface area contributed by atoms with Crippen molar-refractivity contribution in [2.45, 2.75) is 0 Å². The Morgan fingerprint density at radius 1 is 0.312 bits per heavy atom. The molecule has 1 aromatic heterocycles. The fraction of sp³-hybridized carbons (Fsp3) is 0. The summed E-state index contributed by atoms with van der Waals surface area (Å²) in [7, 11) is 0. The molecule has 0 aliphatic carbocycles. The molecule has 0 bridgehead atoms. The van der Waals surface area contributed by atoms with E-state index in [0.29, 0.717) is 0 Å². The third-order valence-corrected chi connectivity index (χ3v) is 10.5. The first-order chi connectivity index (χ1) is 23.8. The van der Waals surface area contributed by atoms with Gasteiger partial charge in [0, 0.05) is 32.1 Å². The maximum atomic E-state index is 2.44. The number of para-hydroxylation sites is 2. The minimum Gasteiger partial charge on any atom is -0.308 e. The van der Waals surface area contributed by atoms with Crippen molar-refractivity contribution in [1.82, 2.24) is 0 Å². The van der Waals surface area contributed by atoms with E-state index in [9.17, 15) is 0 Å². The molecule has 0 amide bonds. The molecule has 0 aliphatic heterocycles. The van der Waals surface area contributed by atoms with Gasteiger partial charge in [0.1, 0.15) is 0 Å². The van der Waals surface area contributed by atoms with Crippen LogP contribution in [-0.4, -0.2) is 0 Å². The molecule has 48 heavy (non-hydrogen) atoms. The van der Waals surface area contributed by atoms with Crippen LogP contribution in [0.2, 0.25) is 0 Å². The SMILES string of the molecule is c1ccc(-c2ccc(-c3ccccc3N(c3ccccc3)c3cccc4c3sc3c5ccccc5c(-c5ccccc5)cc43)cc2)cc1. The lowest BCUT2D eigenvalue weighted by molar-refractivity contribution is 1.30. The molecule has 0 spiro atoms. The van der Waals surface area contributed by atoms with Crippen molar-refractivity contribution < 1.29 is 0 Å². The summed E-state index contributed by atoms with van der Waals surface area (Å²) < 4.78 is 2.60. The van der Waals surface area contributed by atoms with Crippen molar-refractivity contribution in [3.05, 3.63) is 188 Å². The Morgan fingerprint density at radius 3 is 1.56 bits per heavy atom. The van der Waals surface area contributed by atoms with Gasteiger partial charge in [0.15, 0.2) is 0 Å². The van der Waals surface area contributed by atoms with E-state index in [4.69, 9.17) is 0 Å². The molecule has 1 nitrogen and oxygen atoms in total. The summed E-state index contributed by atoms with van der Waals surface area (Å²) in [5, 5.41) is 5.16. The number of thiophene rings is 1. The van der Waals surface area contributed by atoms with Crippen LogP contribution in [0.1, 0.15) is 0 Å². The van der Waals surface area contributed by atoms with Gasteiger partial charge in [-0.1, -0.05) is 158 Å². The van der Waals surface area contributed by atoms with Crippen molar-refractivity contribution >= 4 is 59.3 Å². The van der Waals surface area contributed by atoms with Crippen LogP contribution in [-0.2, 0) is 0 Å². The molecule has 9 rings (SSSR count). The monoisotopic (exact) mass is 629 g/mol. The van der Waals surface area contributed by atoms with Crippen LogP contribution in [0.15, 0.2) is 188 Å². The van der Waals surface area contributed by atoms with Crippen molar-refractivity contribution in [1.29, 1.82) is 0 Å². The summed E-state index contributed by atoms with van der Waals surface area (Å²) in [5.74, 6) is 0. The summed E-state index contributed by atoms with van der Waals surface area (Å²) in [4.78, 5) is 2.44. The first-order valence-electron chi connectivity index (χ1n) is 16.4. The Kier molecular flexibility index (Phi) is 7.07. The van der Waals surface area contributed by atoms with Gasteiger partial charge in [-0.15, -0.1) is 11.3 Å². The molecular weight excluding hydrogens is 599 g/mol. The highest BCUT2D eigenvalue weighted by Crippen LogP contribution is 2.49. The topological polar surface area (TPSA) is 3.24 Å². The molecule has 9 aromatic rings. The summed E-state index contributed by atoms with van der Waals surface area (Å²) in [5.41, 5.74) is 10.8. The Hall–Kier alpha value is -5.96. The second-order valence-electron chi connectivity index (χ2n) is 12.1. The summed E-state index contributed by atoms with van der Waals surface area (Å²) in [6.07, 6.45) is 0. The lowest BCUT2D eigenvalue weighted by Crippen LogP contribution is -2.11. The third kappa shape index (κ3) is 4.86. The van der Waals surface area contributed by atoms with Gasteiger partial charge < -0.3 is 4.90 Å². The zero-order chi connectivity index (χ0) is 31.9. The highest BCUT2D eigenvalue weighted by molar-refractivity contribution is 7.27. The maximum absolute atomic E-state index is 2.44. The first kappa shape index (κ1) is 28.3. The molecule has 2 heteroatoms. The number of anilines is 3. The standard InChI is InChI=1S/C46H31NS/c1-4-15-32(16-5-1)33-27-29-35(30-28-33)37-21-12-13-25-43(37)47(36-19-8-3-9-20-36)44-26-14-24-40-42-31-41(34-17-6-2-7-18-34)38-22-10-11-23-39(38)45(42)48-46(40)44/h1-31H. The van der Waals surface area contributed by atoms with Crippen molar-refractivity contribution in [3.63, 3.8) is 0 Å². The molecule has 0 radical (unpaired) electrons. The molecule has 0 saturated heterocycles. The molecule has 0 N–H and O–H groups in total.